The van der Waals surface area contributed by atoms with E-state index in [1.54, 1.807) is 42.2 Å². The molecule has 11 heteroatoms. The molecule has 40 heavy (non-hydrogen) atoms. The van der Waals surface area contributed by atoms with Crippen molar-refractivity contribution >= 4 is 62.5 Å². The molecule has 0 atom stereocenters. The van der Waals surface area contributed by atoms with Gasteiger partial charge < -0.3 is 24.1 Å². The van der Waals surface area contributed by atoms with Gasteiger partial charge in [-0.05, 0) is 65.7 Å². The van der Waals surface area contributed by atoms with Crippen LogP contribution in [0.25, 0.3) is 6.08 Å². The maximum atomic E-state index is 13.6. The maximum Gasteiger partial charge on any atom is 0.344 e. The number of para-hydroxylation sites is 1. The zero-order chi connectivity index (χ0) is 28.6. The van der Waals surface area contributed by atoms with Crippen LogP contribution in [0, 0.1) is 0 Å². The van der Waals surface area contributed by atoms with Crippen molar-refractivity contribution in [2.75, 3.05) is 20.3 Å². The quantitative estimate of drug-likeness (QED) is 0.238. The van der Waals surface area contributed by atoms with Gasteiger partial charge in [0.2, 0.25) is 0 Å². The van der Waals surface area contributed by atoms with Gasteiger partial charge in [0.05, 0.1) is 36.8 Å². The molecule has 0 spiro atoms. The number of hydrogen-bond acceptors (Lipinski definition) is 9. The van der Waals surface area contributed by atoms with Crippen LogP contribution in [0.1, 0.15) is 28.4 Å². The Hall–Kier alpha value is -4.09. The predicted octanol–water partition coefficient (Wildman–Crippen LogP) is 4.57. The minimum Gasteiger partial charge on any atom is -0.545 e. The first-order valence-electron chi connectivity index (χ1n) is 12.1. The van der Waals surface area contributed by atoms with E-state index in [-0.39, 0.29) is 31.2 Å². The second-order valence-electron chi connectivity index (χ2n) is 8.33. The Labute approximate surface area is 243 Å². The Morgan fingerprint density at radius 2 is 1.80 bits per heavy atom. The predicted molar refractivity (Wildman–Crippen MR) is 153 cm³/mol. The van der Waals surface area contributed by atoms with Crippen LogP contribution in [0.15, 0.2) is 81.1 Å². The number of esters is 1. The number of ether oxygens (including phenoxy) is 3. The Morgan fingerprint density at radius 3 is 2.45 bits per heavy atom. The summed E-state index contributed by atoms with van der Waals surface area (Å²) in [5.74, 6) is -1.33. The molecule has 0 unspecified atom stereocenters. The maximum absolute atomic E-state index is 13.6. The molecular weight excluding hydrogens is 600 g/mol. The van der Waals surface area contributed by atoms with Crippen LogP contribution >= 0.6 is 27.7 Å². The van der Waals surface area contributed by atoms with Crippen LogP contribution in [-0.4, -0.2) is 48.2 Å². The highest BCUT2D eigenvalue weighted by Gasteiger charge is 2.34. The molecule has 9 nitrogen and oxygen atoms in total. The summed E-state index contributed by atoms with van der Waals surface area (Å²) in [6.45, 7) is 1.87. The van der Waals surface area contributed by atoms with Gasteiger partial charge in [-0.15, -0.1) is 0 Å². The van der Waals surface area contributed by atoms with Crippen LogP contribution in [0.2, 0.25) is 0 Å². The van der Waals surface area contributed by atoms with Gasteiger partial charge in [0.1, 0.15) is 0 Å². The molecular formula is C29H24BrN2O7S-. The number of benzene rings is 3. The van der Waals surface area contributed by atoms with E-state index in [2.05, 4.69) is 20.9 Å². The monoisotopic (exact) mass is 623 g/mol. The number of nitrogens with zero attached hydrogens (tertiary/aromatic N) is 2. The first-order chi connectivity index (χ1) is 19.3. The highest BCUT2D eigenvalue weighted by atomic mass is 79.9. The van der Waals surface area contributed by atoms with Crippen molar-refractivity contribution in [3.05, 3.63) is 92.8 Å². The molecule has 1 amide bonds. The zero-order valence-corrected chi connectivity index (χ0v) is 24.0. The molecule has 0 radical (unpaired) electrons. The molecule has 206 valence electrons. The van der Waals surface area contributed by atoms with Gasteiger partial charge in [0.25, 0.3) is 5.91 Å². The van der Waals surface area contributed by atoms with E-state index in [1.165, 1.54) is 31.0 Å². The van der Waals surface area contributed by atoms with E-state index in [4.69, 9.17) is 14.2 Å². The van der Waals surface area contributed by atoms with Crippen molar-refractivity contribution in [2.45, 2.75) is 13.5 Å². The fraction of sp³-hybridized carbons (Fsp3) is 0.172. The van der Waals surface area contributed by atoms with E-state index in [0.717, 1.165) is 5.56 Å². The number of amides is 1. The number of carbonyl (C=O) groups excluding carboxylic acids is 3. The van der Waals surface area contributed by atoms with E-state index < -0.39 is 11.9 Å². The van der Waals surface area contributed by atoms with Crippen molar-refractivity contribution in [1.29, 1.82) is 0 Å². The lowest BCUT2D eigenvalue weighted by atomic mass is 10.1. The lowest BCUT2D eigenvalue weighted by Crippen LogP contribution is -2.28. The van der Waals surface area contributed by atoms with Crippen molar-refractivity contribution in [2.24, 2.45) is 4.99 Å². The van der Waals surface area contributed by atoms with Gasteiger partial charge in [-0.25, -0.2) is 9.79 Å². The number of thioether (sulfide) groups is 1. The largest absolute Gasteiger partial charge is 0.545 e. The zero-order valence-electron chi connectivity index (χ0n) is 21.6. The lowest BCUT2D eigenvalue weighted by molar-refractivity contribution is -0.255. The standard InChI is InChI=1S/C29H25BrN2O7S/c1-3-38-26(33)17-39-24-15-22(30)20(13-23(24)37-2)14-25-27(34)32(16-18-9-11-19(12-10-18)28(35)36)29(40-25)31-21-7-5-4-6-8-21/h4-15H,3,16-17H2,1-2H3,(H,35,36)/p-1/b25-14-,31-29?. The van der Waals surface area contributed by atoms with Crippen molar-refractivity contribution in [1.82, 2.24) is 4.90 Å². The Bertz CT molecular complexity index is 1470. The van der Waals surface area contributed by atoms with Gasteiger partial charge in [-0.2, -0.15) is 0 Å². The summed E-state index contributed by atoms with van der Waals surface area (Å²) < 4.78 is 16.5. The van der Waals surface area contributed by atoms with Crippen LogP contribution in [0.5, 0.6) is 11.5 Å². The summed E-state index contributed by atoms with van der Waals surface area (Å²) in [6.07, 6.45) is 1.72. The first-order valence-corrected chi connectivity index (χ1v) is 13.7. The van der Waals surface area contributed by atoms with Crippen LogP contribution in [0.4, 0.5) is 5.69 Å². The van der Waals surface area contributed by atoms with Gasteiger partial charge in [0.15, 0.2) is 23.3 Å². The minimum absolute atomic E-state index is 0.0538. The number of methoxy groups -OCH3 is 1. The Balaban J connectivity index is 1.65. The third kappa shape index (κ3) is 7.10. The molecule has 0 aromatic heterocycles. The molecule has 1 aliphatic rings. The molecule has 1 aliphatic heterocycles. The number of aromatic carboxylic acids is 1. The van der Waals surface area contributed by atoms with Crippen LogP contribution in [-0.2, 0) is 20.9 Å². The Morgan fingerprint density at radius 1 is 1.07 bits per heavy atom. The van der Waals surface area contributed by atoms with Crippen LogP contribution < -0.4 is 14.6 Å². The number of halogens is 1. The van der Waals surface area contributed by atoms with Crippen molar-refractivity contribution in [3.8, 4) is 11.5 Å². The topological polar surface area (TPSA) is 118 Å². The van der Waals surface area contributed by atoms with Gasteiger partial charge >= 0.3 is 5.97 Å². The summed E-state index contributed by atoms with van der Waals surface area (Å²) in [4.78, 5) is 43.1. The number of rotatable bonds is 10. The third-order valence-electron chi connectivity index (χ3n) is 5.62. The van der Waals surface area contributed by atoms with Crippen molar-refractivity contribution < 1.29 is 33.7 Å². The van der Waals surface area contributed by atoms with Gasteiger partial charge in [0, 0.05) is 4.47 Å². The van der Waals surface area contributed by atoms with Gasteiger partial charge in [-0.1, -0.05) is 58.4 Å². The SMILES string of the molecule is CCOC(=O)COc1cc(Br)c(/C=C2\SC(=Nc3ccccc3)N(Cc3ccc(C(=O)[O-])cc3)C2=O)cc1OC. The highest BCUT2D eigenvalue weighted by Crippen LogP contribution is 2.39. The smallest absolute Gasteiger partial charge is 0.344 e. The van der Waals surface area contributed by atoms with E-state index in [1.807, 2.05) is 30.3 Å². The second kappa shape index (κ2) is 13.3. The number of carboxylic acid groups (broad SMARTS) is 1. The number of carboxylic acids is 1. The molecule has 3 aromatic carbocycles. The van der Waals surface area contributed by atoms with Gasteiger partial charge in [-0.3, -0.25) is 9.69 Å². The second-order valence-corrected chi connectivity index (χ2v) is 10.2. The number of aliphatic imine (C=N–C) groups is 1. The lowest BCUT2D eigenvalue weighted by Gasteiger charge is -2.16. The summed E-state index contributed by atoms with van der Waals surface area (Å²) in [7, 11) is 1.48. The van der Waals surface area contributed by atoms with Crippen LogP contribution in [0.3, 0.4) is 0 Å². The summed E-state index contributed by atoms with van der Waals surface area (Å²) >= 11 is 4.74. The normalized spacial score (nSPS) is 15.0. The minimum atomic E-state index is -1.27. The highest BCUT2D eigenvalue weighted by molar-refractivity contribution is 9.10. The fourth-order valence-corrected chi connectivity index (χ4v) is 5.11. The molecule has 0 bridgehead atoms. The molecule has 1 fully saturated rings. The summed E-state index contributed by atoms with van der Waals surface area (Å²) in [5, 5.41) is 11.6. The summed E-state index contributed by atoms with van der Waals surface area (Å²) in [6, 6.07) is 18.8. The first kappa shape index (κ1) is 28.9. The van der Waals surface area contributed by atoms with E-state index in [0.29, 0.717) is 37.3 Å². The molecule has 0 saturated carbocycles. The number of hydrogen-bond donors (Lipinski definition) is 0. The van der Waals surface area contributed by atoms with E-state index >= 15 is 0 Å². The van der Waals surface area contributed by atoms with Crippen molar-refractivity contribution in [3.63, 3.8) is 0 Å². The number of amidine groups is 1. The third-order valence-corrected chi connectivity index (χ3v) is 7.31. The summed E-state index contributed by atoms with van der Waals surface area (Å²) in [5.41, 5.74) is 2.11. The Kier molecular flexibility index (Phi) is 9.62. The number of carbonyl (C=O) groups is 3. The molecule has 1 heterocycles. The molecule has 1 saturated heterocycles. The molecule has 4 rings (SSSR count). The molecule has 0 aliphatic carbocycles. The average Bonchev–Trinajstić information content (AvgIpc) is 3.22. The molecule has 0 N–H and O–H groups in total. The average molecular weight is 624 g/mol. The fourth-order valence-electron chi connectivity index (χ4n) is 3.69. The van der Waals surface area contributed by atoms with E-state index in [9.17, 15) is 19.5 Å². The molecule has 3 aromatic rings.